The minimum Gasteiger partial charge on any atom is -0.345 e. The molecule has 1 fully saturated rings. The van der Waals surface area contributed by atoms with Gasteiger partial charge in [-0.1, -0.05) is 36.8 Å². The van der Waals surface area contributed by atoms with Gasteiger partial charge in [-0.25, -0.2) is 8.42 Å². The molecule has 1 aliphatic carbocycles. The van der Waals surface area contributed by atoms with Gasteiger partial charge < -0.3 is 5.32 Å². The number of carbonyl (C=O) groups is 1. The second-order valence-corrected chi connectivity index (χ2v) is 10.00. The van der Waals surface area contributed by atoms with Gasteiger partial charge in [0.25, 0.3) is 5.91 Å². The van der Waals surface area contributed by atoms with Gasteiger partial charge in [0.2, 0.25) is 10.0 Å². The van der Waals surface area contributed by atoms with Crippen molar-refractivity contribution < 1.29 is 13.2 Å². The van der Waals surface area contributed by atoms with Gasteiger partial charge >= 0.3 is 0 Å². The molecular formula is C23H28N2O3S. The highest BCUT2D eigenvalue weighted by atomic mass is 32.2. The van der Waals surface area contributed by atoms with Crippen molar-refractivity contribution in [3.8, 4) is 0 Å². The van der Waals surface area contributed by atoms with E-state index < -0.39 is 10.0 Å². The number of hydrogen-bond acceptors (Lipinski definition) is 3. The SMILES string of the molecule is Cc1ccc(S(=O)(=O)N2CCCCC2)cc1C(=O)N[C@@H]1CCCc2ccccc21. The molecule has 0 unspecified atom stereocenters. The van der Waals surface area contributed by atoms with Crippen LogP contribution in [-0.2, 0) is 16.4 Å². The molecule has 29 heavy (non-hydrogen) atoms. The standard InChI is InChI=1S/C23H28N2O3S/c1-17-12-13-19(29(27,28)25-14-5-2-6-15-25)16-21(17)23(26)24-22-11-7-9-18-8-3-4-10-20(18)22/h3-4,8,10,12-13,16,22H,2,5-7,9,11,14-15H2,1H3,(H,24,26)/t22-/m1/s1. The third-order valence-corrected chi connectivity index (χ3v) is 7.98. The second-order valence-electron chi connectivity index (χ2n) is 8.06. The Bertz CT molecular complexity index is 1010. The summed E-state index contributed by atoms with van der Waals surface area (Å²) < 4.78 is 27.6. The molecule has 1 aliphatic heterocycles. The van der Waals surface area contributed by atoms with Crippen molar-refractivity contribution >= 4 is 15.9 Å². The summed E-state index contributed by atoms with van der Waals surface area (Å²) in [5.41, 5.74) is 3.67. The van der Waals surface area contributed by atoms with Crippen molar-refractivity contribution in [1.82, 2.24) is 9.62 Å². The van der Waals surface area contributed by atoms with Crippen LogP contribution >= 0.6 is 0 Å². The Balaban J connectivity index is 1.59. The highest BCUT2D eigenvalue weighted by Crippen LogP contribution is 2.30. The first kappa shape index (κ1) is 20.1. The van der Waals surface area contributed by atoms with E-state index in [0.717, 1.165) is 44.1 Å². The zero-order valence-electron chi connectivity index (χ0n) is 16.9. The van der Waals surface area contributed by atoms with Gasteiger partial charge in [-0.2, -0.15) is 4.31 Å². The Kier molecular flexibility index (Phi) is 5.74. The number of piperidine rings is 1. The minimum atomic E-state index is -3.56. The normalized spacial score (nSPS) is 20.1. The average molecular weight is 413 g/mol. The van der Waals surface area contributed by atoms with Gasteiger partial charge in [-0.05, 0) is 67.9 Å². The van der Waals surface area contributed by atoms with Crippen molar-refractivity contribution in [2.24, 2.45) is 0 Å². The van der Waals surface area contributed by atoms with Crippen LogP contribution in [0.1, 0.15) is 65.2 Å². The third kappa shape index (κ3) is 4.09. The van der Waals surface area contributed by atoms with Crippen LogP contribution in [0.4, 0.5) is 0 Å². The van der Waals surface area contributed by atoms with Gasteiger partial charge in [0, 0.05) is 18.7 Å². The lowest BCUT2D eigenvalue weighted by Crippen LogP contribution is -2.36. The van der Waals surface area contributed by atoms with E-state index in [1.54, 1.807) is 22.5 Å². The van der Waals surface area contributed by atoms with Crippen molar-refractivity contribution in [3.63, 3.8) is 0 Å². The zero-order valence-corrected chi connectivity index (χ0v) is 17.7. The van der Waals surface area contributed by atoms with E-state index in [0.29, 0.717) is 18.7 Å². The lowest BCUT2D eigenvalue weighted by Gasteiger charge is -2.27. The highest BCUT2D eigenvalue weighted by molar-refractivity contribution is 7.89. The van der Waals surface area contributed by atoms with E-state index >= 15 is 0 Å². The maximum Gasteiger partial charge on any atom is 0.252 e. The van der Waals surface area contributed by atoms with Gasteiger partial charge in [0.15, 0.2) is 0 Å². The summed E-state index contributed by atoms with van der Waals surface area (Å²) >= 11 is 0. The number of hydrogen-bond donors (Lipinski definition) is 1. The van der Waals surface area contributed by atoms with Crippen molar-refractivity contribution in [1.29, 1.82) is 0 Å². The molecule has 6 heteroatoms. The molecule has 1 atom stereocenters. The molecule has 154 valence electrons. The van der Waals surface area contributed by atoms with Gasteiger partial charge in [-0.15, -0.1) is 0 Å². The van der Waals surface area contributed by atoms with Crippen molar-refractivity contribution in [2.45, 2.75) is 56.4 Å². The molecule has 1 saturated heterocycles. The van der Waals surface area contributed by atoms with E-state index in [-0.39, 0.29) is 16.8 Å². The molecular weight excluding hydrogens is 384 g/mol. The lowest BCUT2D eigenvalue weighted by atomic mass is 9.87. The predicted octanol–water partition coefficient (Wildman–Crippen LogP) is 3.98. The number of rotatable bonds is 4. The minimum absolute atomic E-state index is 0.0331. The van der Waals surface area contributed by atoms with Gasteiger partial charge in [-0.3, -0.25) is 4.79 Å². The number of benzene rings is 2. The number of amides is 1. The van der Waals surface area contributed by atoms with E-state index in [1.165, 1.54) is 11.1 Å². The summed E-state index contributed by atoms with van der Waals surface area (Å²) in [6.07, 6.45) is 5.80. The predicted molar refractivity (Wildman–Crippen MR) is 113 cm³/mol. The van der Waals surface area contributed by atoms with Crippen LogP contribution in [0.5, 0.6) is 0 Å². The second kappa shape index (κ2) is 8.28. The molecule has 1 amide bonds. The fourth-order valence-corrected chi connectivity index (χ4v) is 5.94. The van der Waals surface area contributed by atoms with Crippen LogP contribution in [-0.4, -0.2) is 31.7 Å². The Labute approximate surface area is 173 Å². The van der Waals surface area contributed by atoms with Crippen LogP contribution in [0.25, 0.3) is 0 Å². The first-order valence-corrected chi connectivity index (χ1v) is 11.9. The van der Waals surface area contributed by atoms with Crippen LogP contribution in [0.2, 0.25) is 0 Å². The molecule has 2 aromatic rings. The van der Waals surface area contributed by atoms with Crippen LogP contribution in [0, 0.1) is 6.92 Å². The Morgan fingerprint density at radius 1 is 1.03 bits per heavy atom. The smallest absolute Gasteiger partial charge is 0.252 e. The Morgan fingerprint density at radius 3 is 2.59 bits per heavy atom. The number of fused-ring (bicyclic) bond motifs is 1. The van der Waals surface area contributed by atoms with Gasteiger partial charge in [0.1, 0.15) is 0 Å². The number of carbonyl (C=O) groups excluding carboxylic acids is 1. The Hall–Kier alpha value is -2.18. The number of nitrogens with one attached hydrogen (secondary N) is 1. The summed E-state index contributed by atoms with van der Waals surface area (Å²) in [7, 11) is -3.56. The largest absolute Gasteiger partial charge is 0.345 e. The topological polar surface area (TPSA) is 66.5 Å². The van der Waals surface area contributed by atoms with E-state index in [1.807, 2.05) is 19.1 Å². The summed E-state index contributed by atoms with van der Waals surface area (Å²) in [5.74, 6) is -0.208. The van der Waals surface area contributed by atoms with Gasteiger partial charge in [0.05, 0.1) is 10.9 Å². The third-order valence-electron chi connectivity index (χ3n) is 6.08. The number of nitrogens with zero attached hydrogens (tertiary/aromatic N) is 1. The fourth-order valence-electron chi connectivity index (χ4n) is 4.40. The molecule has 1 heterocycles. The fraction of sp³-hybridized carbons (Fsp3) is 0.435. The number of aryl methyl sites for hydroxylation is 2. The Morgan fingerprint density at radius 2 is 1.79 bits per heavy atom. The van der Waals surface area contributed by atoms with Crippen LogP contribution < -0.4 is 5.32 Å². The number of sulfonamides is 1. The molecule has 0 radical (unpaired) electrons. The van der Waals surface area contributed by atoms with Crippen molar-refractivity contribution in [2.75, 3.05) is 13.1 Å². The summed E-state index contributed by atoms with van der Waals surface area (Å²) in [6.45, 7) is 2.95. The summed E-state index contributed by atoms with van der Waals surface area (Å²) in [5, 5.41) is 3.14. The van der Waals surface area contributed by atoms with E-state index in [9.17, 15) is 13.2 Å². The summed E-state index contributed by atoms with van der Waals surface area (Å²) in [4.78, 5) is 13.3. The van der Waals surface area contributed by atoms with Crippen LogP contribution in [0.3, 0.4) is 0 Å². The first-order chi connectivity index (χ1) is 14.0. The van der Waals surface area contributed by atoms with E-state index in [4.69, 9.17) is 0 Å². The molecule has 2 aliphatic rings. The van der Waals surface area contributed by atoms with Crippen molar-refractivity contribution in [3.05, 3.63) is 64.7 Å². The van der Waals surface area contributed by atoms with E-state index in [2.05, 4.69) is 17.4 Å². The molecule has 4 rings (SSSR count). The monoisotopic (exact) mass is 412 g/mol. The highest BCUT2D eigenvalue weighted by Gasteiger charge is 2.28. The molecule has 5 nitrogen and oxygen atoms in total. The maximum atomic E-state index is 13.1. The zero-order chi connectivity index (χ0) is 20.4. The lowest BCUT2D eigenvalue weighted by molar-refractivity contribution is 0.0932. The summed E-state index contributed by atoms with van der Waals surface area (Å²) in [6, 6.07) is 13.1. The molecule has 2 aromatic carbocycles. The quantitative estimate of drug-likeness (QED) is 0.826. The molecule has 0 spiro atoms. The molecule has 1 N–H and O–H groups in total. The average Bonchev–Trinajstić information content (AvgIpc) is 2.75. The first-order valence-electron chi connectivity index (χ1n) is 10.5. The molecule has 0 saturated carbocycles. The maximum absolute atomic E-state index is 13.1. The molecule has 0 aromatic heterocycles. The molecule has 0 bridgehead atoms. The van der Waals surface area contributed by atoms with Crippen LogP contribution in [0.15, 0.2) is 47.4 Å².